The van der Waals surface area contributed by atoms with Gasteiger partial charge in [-0.05, 0) is 33.2 Å². The van der Waals surface area contributed by atoms with Crippen LogP contribution in [0.25, 0.3) is 11.4 Å². The lowest BCUT2D eigenvalue weighted by atomic mass is 10.1. The van der Waals surface area contributed by atoms with Gasteiger partial charge in [0.25, 0.3) is 0 Å². The van der Waals surface area contributed by atoms with E-state index >= 15 is 0 Å². The molecule has 0 saturated heterocycles. The van der Waals surface area contributed by atoms with E-state index in [1.165, 1.54) is 0 Å². The Labute approximate surface area is 165 Å². The summed E-state index contributed by atoms with van der Waals surface area (Å²) in [5, 5.41) is 6.65. The van der Waals surface area contributed by atoms with Crippen molar-refractivity contribution in [1.82, 2.24) is 14.9 Å². The number of carbonyl (C=O) groups excluding carboxylic acids is 1. The van der Waals surface area contributed by atoms with Gasteiger partial charge in [-0.1, -0.05) is 42.5 Å². The van der Waals surface area contributed by atoms with Crippen LogP contribution in [0.5, 0.6) is 0 Å². The summed E-state index contributed by atoms with van der Waals surface area (Å²) in [6, 6.07) is 19.1. The van der Waals surface area contributed by atoms with E-state index in [9.17, 15) is 4.79 Å². The number of hydrogen-bond donors (Lipinski definition) is 2. The minimum Gasteiger partial charge on any atom is -0.369 e. The first-order valence-corrected chi connectivity index (χ1v) is 9.22. The molecule has 0 aliphatic rings. The SMILES string of the molecule is CC(=O)c1cccc(Nc2cc(NCCN(C)C)nc(-c3ccccc3)n2)c1. The van der Waals surface area contributed by atoms with Crippen LogP contribution in [0.15, 0.2) is 60.7 Å². The van der Waals surface area contributed by atoms with Gasteiger partial charge < -0.3 is 15.5 Å². The quantitative estimate of drug-likeness (QED) is 0.579. The average molecular weight is 375 g/mol. The van der Waals surface area contributed by atoms with Gasteiger partial charge >= 0.3 is 0 Å². The zero-order valence-electron chi connectivity index (χ0n) is 16.4. The highest BCUT2D eigenvalue weighted by molar-refractivity contribution is 5.95. The van der Waals surface area contributed by atoms with Crippen LogP contribution < -0.4 is 10.6 Å². The molecule has 3 rings (SSSR count). The molecule has 6 heteroatoms. The van der Waals surface area contributed by atoms with Gasteiger partial charge in [-0.2, -0.15) is 0 Å². The first-order valence-electron chi connectivity index (χ1n) is 9.22. The molecule has 0 amide bonds. The number of Topliss-reactive ketones (excluding diaryl/α,β-unsaturated/α-hetero) is 1. The molecule has 0 fully saturated rings. The number of rotatable bonds is 8. The molecule has 6 nitrogen and oxygen atoms in total. The van der Waals surface area contributed by atoms with Crippen molar-refractivity contribution in [3.05, 3.63) is 66.2 Å². The van der Waals surface area contributed by atoms with E-state index in [0.29, 0.717) is 17.2 Å². The van der Waals surface area contributed by atoms with Crippen molar-refractivity contribution in [3.8, 4) is 11.4 Å². The molecule has 0 spiro atoms. The molecule has 144 valence electrons. The van der Waals surface area contributed by atoms with E-state index in [0.717, 1.165) is 30.2 Å². The van der Waals surface area contributed by atoms with Crippen molar-refractivity contribution in [2.24, 2.45) is 0 Å². The Kier molecular flexibility index (Phi) is 6.34. The van der Waals surface area contributed by atoms with Gasteiger partial charge in [-0.3, -0.25) is 4.79 Å². The van der Waals surface area contributed by atoms with Crippen molar-refractivity contribution in [1.29, 1.82) is 0 Å². The van der Waals surface area contributed by atoms with Gasteiger partial charge in [0.15, 0.2) is 11.6 Å². The van der Waals surface area contributed by atoms with Crippen LogP contribution in [-0.4, -0.2) is 47.8 Å². The van der Waals surface area contributed by atoms with Crippen molar-refractivity contribution < 1.29 is 4.79 Å². The summed E-state index contributed by atoms with van der Waals surface area (Å²) in [7, 11) is 4.07. The molecule has 0 bridgehead atoms. The van der Waals surface area contributed by atoms with Crippen molar-refractivity contribution in [3.63, 3.8) is 0 Å². The van der Waals surface area contributed by atoms with Crippen molar-refractivity contribution >= 4 is 23.1 Å². The Morgan fingerprint density at radius 2 is 1.71 bits per heavy atom. The van der Waals surface area contributed by atoms with Gasteiger partial charge in [0, 0.05) is 36.0 Å². The van der Waals surface area contributed by atoms with E-state index in [1.807, 2.05) is 68.7 Å². The minimum atomic E-state index is 0.0300. The molecular weight excluding hydrogens is 350 g/mol. The van der Waals surface area contributed by atoms with Crippen molar-refractivity contribution in [2.45, 2.75) is 6.92 Å². The number of benzene rings is 2. The van der Waals surface area contributed by atoms with Crippen molar-refractivity contribution in [2.75, 3.05) is 37.8 Å². The molecule has 1 heterocycles. The van der Waals surface area contributed by atoms with E-state index in [1.54, 1.807) is 13.0 Å². The first kappa shape index (κ1) is 19.5. The summed E-state index contributed by atoms with van der Waals surface area (Å²) in [6.45, 7) is 3.23. The highest BCUT2D eigenvalue weighted by atomic mass is 16.1. The van der Waals surface area contributed by atoms with E-state index in [4.69, 9.17) is 0 Å². The number of ketones is 1. The van der Waals surface area contributed by atoms with Crippen LogP contribution >= 0.6 is 0 Å². The fourth-order valence-electron chi connectivity index (χ4n) is 2.69. The number of nitrogens with zero attached hydrogens (tertiary/aromatic N) is 3. The van der Waals surface area contributed by atoms with Crippen LogP contribution in [0.2, 0.25) is 0 Å². The Hall–Kier alpha value is -3.25. The normalized spacial score (nSPS) is 10.7. The van der Waals surface area contributed by atoms with Crippen LogP contribution in [0, 0.1) is 0 Å². The number of likely N-dealkylation sites (N-methyl/N-ethyl adjacent to an activating group) is 1. The number of anilines is 3. The summed E-state index contributed by atoms with van der Waals surface area (Å²) in [5.41, 5.74) is 2.41. The zero-order valence-corrected chi connectivity index (χ0v) is 16.4. The highest BCUT2D eigenvalue weighted by Gasteiger charge is 2.08. The average Bonchev–Trinajstić information content (AvgIpc) is 2.68. The molecule has 0 saturated carbocycles. The van der Waals surface area contributed by atoms with Gasteiger partial charge in [-0.25, -0.2) is 9.97 Å². The summed E-state index contributed by atoms with van der Waals surface area (Å²) >= 11 is 0. The molecule has 2 aromatic carbocycles. The van der Waals surface area contributed by atoms with Crippen LogP contribution in [-0.2, 0) is 0 Å². The molecule has 1 aromatic heterocycles. The maximum absolute atomic E-state index is 11.6. The summed E-state index contributed by atoms with van der Waals surface area (Å²) in [6.07, 6.45) is 0. The van der Waals surface area contributed by atoms with Crippen LogP contribution in [0.3, 0.4) is 0 Å². The molecule has 0 unspecified atom stereocenters. The van der Waals surface area contributed by atoms with Gasteiger partial charge in [0.05, 0.1) is 0 Å². The summed E-state index contributed by atoms with van der Waals surface area (Å²) in [5.74, 6) is 2.09. The molecular formula is C22H25N5O. The lowest BCUT2D eigenvalue weighted by Gasteiger charge is -2.14. The molecule has 0 aliphatic carbocycles. The maximum Gasteiger partial charge on any atom is 0.163 e. The van der Waals surface area contributed by atoms with Crippen LogP contribution in [0.4, 0.5) is 17.3 Å². The number of aromatic nitrogens is 2. The fourth-order valence-corrected chi connectivity index (χ4v) is 2.69. The molecule has 0 radical (unpaired) electrons. The monoisotopic (exact) mass is 375 g/mol. The number of hydrogen-bond acceptors (Lipinski definition) is 6. The Bertz CT molecular complexity index is 941. The highest BCUT2D eigenvalue weighted by Crippen LogP contribution is 2.23. The Morgan fingerprint density at radius 3 is 2.43 bits per heavy atom. The predicted octanol–water partition coefficient (Wildman–Crippen LogP) is 4.06. The Morgan fingerprint density at radius 1 is 0.964 bits per heavy atom. The largest absolute Gasteiger partial charge is 0.369 e. The Balaban J connectivity index is 1.90. The first-order chi connectivity index (χ1) is 13.5. The molecule has 28 heavy (non-hydrogen) atoms. The van der Waals surface area contributed by atoms with Gasteiger partial charge in [0.2, 0.25) is 0 Å². The summed E-state index contributed by atoms with van der Waals surface area (Å²) in [4.78, 5) is 23.1. The summed E-state index contributed by atoms with van der Waals surface area (Å²) < 4.78 is 0. The smallest absolute Gasteiger partial charge is 0.163 e. The molecule has 3 aromatic rings. The second kappa shape index (κ2) is 9.10. The maximum atomic E-state index is 11.6. The second-order valence-corrected chi connectivity index (χ2v) is 6.82. The van der Waals surface area contributed by atoms with E-state index < -0.39 is 0 Å². The van der Waals surface area contributed by atoms with Gasteiger partial charge in [-0.15, -0.1) is 0 Å². The molecule has 0 aliphatic heterocycles. The topological polar surface area (TPSA) is 70.2 Å². The third kappa shape index (κ3) is 5.37. The van der Waals surface area contributed by atoms with Gasteiger partial charge in [0.1, 0.15) is 11.6 Å². The third-order valence-electron chi connectivity index (χ3n) is 4.16. The van der Waals surface area contributed by atoms with E-state index in [2.05, 4.69) is 25.5 Å². The fraction of sp³-hybridized carbons (Fsp3) is 0.227. The van der Waals surface area contributed by atoms with E-state index in [-0.39, 0.29) is 5.78 Å². The molecule has 0 atom stereocenters. The molecule has 2 N–H and O–H groups in total. The lowest BCUT2D eigenvalue weighted by molar-refractivity contribution is 0.101. The number of carbonyl (C=O) groups is 1. The number of nitrogens with one attached hydrogen (secondary N) is 2. The standard InChI is InChI=1S/C22H25N5O/c1-16(28)18-10-7-11-19(14-18)24-21-15-20(23-12-13-27(2)3)25-22(26-21)17-8-5-4-6-9-17/h4-11,14-15H,12-13H2,1-3H3,(H2,23,24,25,26). The third-order valence-corrected chi connectivity index (χ3v) is 4.16. The second-order valence-electron chi connectivity index (χ2n) is 6.82. The van der Waals surface area contributed by atoms with Crippen LogP contribution in [0.1, 0.15) is 17.3 Å². The predicted molar refractivity (Wildman–Crippen MR) is 114 cm³/mol. The minimum absolute atomic E-state index is 0.0300. The lowest BCUT2D eigenvalue weighted by Crippen LogP contribution is -2.21. The zero-order chi connectivity index (χ0) is 19.9.